The molecule has 5 nitrogen and oxygen atoms in total. The molecule has 0 aliphatic heterocycles. The minimum atomic E-state index is -0.228. The van der Waals surface area contributed by atoms with E-state index in [4.69, 9.17) is 19.0 Å². The van der Waals surface area contributed by atoms with Crippen LogP contribution in [0, 0.1) is 0 Å². The van der Waals surface area contributed by atoms with Crippen LogP contribution >= 0.6 is 0 Å². The molecule has 0 aliphatic rings. The average Bonchev–Trinajstić information content (AvgIpc) is 3.11. The van der Waals surface area contributed by atoms with Gasteiger partial charge in [0.15, 0.2) is 5.78 Å². The van der Waals surface area contributed by atoms with Gasteiger partial charge in [-0.3, -0.25) is 4.79 Å². The van der Waals surface area contributed by atoms with Crippen LogP contribution in [0.2, 0.25) is 0 Å². The van der Waals surface area contributed by atoms with E-state index in [9.17, 15) is 4.79 Å². The van der Waals surface area contributed by atoms with Crippen molar-refractivity contribution < 1.29 is 23.8 Å². The summed E-state index contributed by atoms with van der Waals surface area (Å²) in [5.74, 6) is 0.765. The van der Waals surface area contributed by atoms with Gasteiger partial charge in [0, 0.05) is 11.1 Å². The zero-order valence-corrected chi connectivity index (χ0v) is 10.7. The van der Waals surface area contributed by atoms with Crippen molar-refractivity contribution in [2.24, 2.45) is 0 Å². The third kappa shape index (κ3) is 3.81. The normalized spacial score (nSPS) is 11.7. The number of carbonyl (C=O) groups is 1. The number of furan rings is 2. The largest absolute Gasteiger partial charge is 0.465 e. The van der Waals surface area contributed by atoms with Gasteiger partial charge in [-0.25, -0.2) is 0 Å². The molecule has 0 atom stereocenters. The molecule has 2 aromatic rings. The van der Waals surface area contributed by atoms with Gasteiger partial charge in [-0.1, -0.05) is 0 Å². The summed E-state index contributed by atoms with van der Waals surface area (Å²) < 4.78 is 10.2. The molecule has 2 rings (SSSR count). The van der Waals surface area contributed by atoms with Gasteiger partial charge >= 0.3 is 0 Å². The summed E-state index contributed by atoms with van der Waals surface area (Å²) in [4.78, 5) is 11.6. The van der Waals surface area contributed by atoms with E-state index in [1.54, 1.807) is 12.1 Å². The van der Waals surface area contributed by atoms with Gasteiger partial charge in [-0.2, -0.15) is 0 Å². The Balaban J connectivity index is 1.94. The van der Waals surface area contributed by atoms with Gasteiger partial charge in [0.25, 0.3) is 0 Å². The molecule has 0 fully saturated rings. The lowest BCUT2D eigenvalue weighted by Gasteiger charge is -1.85. The Hall–Kier alpha value is -2.37. The zero-order chi connectivity index (χ0) is 14.4. The lowest BCUT2D eigenvalue weighted by molar-refractivity contribution is -0.110. The molecular formula is C15H14O5. The van der Waals surface area contributed by atoms with Crippen molar-refractivity contribution in [1.82, 2.24) is 0 Å². The summed E-state index contributed by atoms with van der Waals surface area (Å²) in [6.07, 6.45) is 8.61. The fraction of sp³-hybridized carbons (Fsp3) is 0.133. The van der Waals surface area contributed by atoms with Crippen molar-refractivity contribution in [1.29, 1.82) is 0 Å². The number of ketones is 1. The van der Waals surface area contributed by atoms with Gasteiger partial charge < -0.3 is 19.0 Å². The van der Waals surface area contributed by atoms with Crippen LogP contribution in [0.1, 0.15) is 22.6 Å². The molecule has 0 unspecified atom stereocenters. The Bertz CT molecular complexity index is 576. The van der Waals surface area contributed by atoms with E-state index in [0.717, 1.165) is 0 Å². The standard InChI is InChI=1S/C15H14O5/c16-7-11-5-14(19-9-11)3-1-13(18)2-4-15-6-12(8-17)10-20-15/h1-6,9-10,16-17H,7-8H2. The van der Waals surface area contributed by atoms with Crippen LogP contribution in [0.25, 0.3) is 12.2 Å². The highest BCUT2D eigenvalue weighted by atomic mass is 16.3. The van der Waals surface area contributed by atoms with Gasteiger partial charge in [-0.05, 0) is 36.4 Å². The highest BCUT2D eigenvalue weighted by Gasteiger charge is 1.99. The number of allylic oxidation sites excluding steroid dienone is 2. The molecule has 0 spiro atoms. The molecule has 5 heteroatoms. The first-order chi connectivity index (χ1) is 9.71. The van der Waals surface area contributed by atoms with Crippen LogP contribution in [0.3, 0.4) is 0 Å². The highest BCUT2D eigenvalue weighted by Crippen LogP contribution is 2.11. The van der Waals surface area contributed by atoms with Crippen LogP contribution in [0.5, 0.6) is 0 Å². The molecular weight excluding hydrogens is 260 g/mol. The summed E-state index contributed by atoms with van der Waals surface area (Å²) in [7, 11) is 0. The Kier molecular flexibility index (Phi) is 4.70. The number of hydrogen-bond acceptors (Lipinski definition) is 5. The second-order valence-corrected chi connectivity index (χ2v) is 4.10. The van der Waals surface area contributed by atoms with Crippen molar-refractivity contribution in [3.8, 4) is 0 Å². The Morgan fingerprint density at radius 2 is 1.40 bits per heavy atom. The quantitative estimate of drug-likeness (QED) is 0.788. The molecule has 2 N–H and O–H groups in total. The smallest absolute Gasteiger partial charge is 0.178 e. The van der Waals surface area contributed by atoms with E-state index >= 15 is 0 Å². The molecule has 0 aromatic carbocycles. The third-order valence-corrected chi connectivity index (χ3v) is 2.54. The van der Waals surface area contributed by atoms with Crippen molar-refractivity contribution >= 4 is 17.9 Å². The summed E-state index contributed by atoms with van der Waals surface area (Å²) in [6, 6.07) is 3.29. The van der Waals surface area contributed by atoms with E-state index in [1.165, 1.54) is 36.8 Å². The van der Waals surface area contributed by atoms with Gasteiger partial charge in [-0.15, -0.1) is 0 Å². The number of aliphatic hydroxyl groups is 2. The van der Waals surface area contributed by atoms with Crippen molar-refractivity contribution in [3.05, 3.63) is 59.5 Å². The first kappa shape index (κ1) is 14.0. The minimum Gasteiger partial charge on any atom is -0.465 e. The van der Waals surface area contributed by atoms with E-state index in [2.05, 4.69) is 0 Å². The minimum absolute atomic E-state index is 0.100. The van der Waals surface area contributed by atoms with Gasteiger partial charge in [0.05, 0.1) is 25.7 Å². The molecule has 0 saturated heterocycles. The Morgan fingerprint density at radius 3 is 1.75 bits per heavy atom. The van der Waals surface area contributed by atoms with E-state index in [-0.39, 0.29) is 19.0 Å². The van der Waals surface area contributed by atoms with Crippen LogP contribution < -0.4 is 0 Å². The molecule has 104 valence electrons. The Morgan fingerprint density at radius 1 is 0.950 bits per heavy atom. The van der Waals surface area contributed by atoms with Crippen molar-refractivity contribution in [2.45, 2.75) is 13.2 Å². The molecule has 0 saturated carbocycles. The van der Waals surface area contributed by atoms with Gasteiger partial charge in [0.1, 0.15) is 11.5 Å². The van der Waals surface area contributed by atoms with E-state index in [1.807, 2.05) is 0 Å². The summed E-state index contributed by atoms with van der Waals surface area (Å²) in [6.45, 7) is -0.201. The summed E-state index contributed by atoms with van der Waals surface area (Å²) >= 11 is 0. The number of carbonyl (C=O) groups excluding carboxylic acids is 1. The average molecular weight is 274 g/mol. The first-order valence-electron chi connectivity index (χ1n) is 5.98. The molecule has 0 bridgehead atoms. The number of rotatable bonds is 6. The molecule has 0 radical (unpaired) electrons. The molecule has 0 amide bonds. The van der Waals surface area contributed by atoms with Crippen molar-refractivity contribution in [3.63, 3.8) is 0 Å². The number of aliphatic hydroxyl groups excluding tert-OH is 2. The summed E-state index contributed by atoms with van der Waals surface area (Å²) in [5, 5.41) is 17.7. The summed E-state index contributed by atoms with van der Waals surface area (Å²) in [5.41, 5.74) is 1.31. The monoisotopic (exact) mass is 274 g/mol. The lowest BCUT2D eigenvalue weighted by Crippen LogP contribution is -1.84. The topological polar surface area (TPSA) is 83.8 Å². The van der Waals surface area contributed by atoms with Gasteiger partial charge in [0.2, 0.25) is 0 Å². The molecule has 20 heavy (non-hydrogen) atoms. The van der Waals surface area contributed by atoms with Crippen LogP contribution in [0.15, 0.2) is 45.6 Å². The predicted octanol–water partition coefficient (Wildman–Crippen LogP) is 2.15. The lowest BCUT2D eigenvalue weighted by atomic mass is 10.2. The second kappa shape index (κ2) is 6.70. The molecule has 0 aliphatic carbocycles. The maximum absolute atomic E-state index is 11.6. The SMILES string of the molecule is O=C(C=Cc1cc(CO)co1)C=Cc1cc(CO)co1. The van der Waals surface area contributed by atoms with Crippen LogP contribution in [0.4, 0.5) is 0 Å². The van der Waals surface area contributed by atoms with Crippen molar-refractivity contribution in [2.75, 3.05) is 0 Å². The first-order valence-corrected chi connectivity index (χ1v) is 5.98. The number of hydrogen-bond donors (Lipinski definition) is 2. The van der Waals surface area contributed by atoms with E-state index < -0.39 is 0 Å². The predicted molar refractivity (Wildman–Crippen MR) is 72.3 cm³/mol. The van der Waals surface area contributed by atoms with Crippen LogP contribution in [-0.2, 0) is 18.0 Å². The zero-order valence-electron chi connectivity index (χ0n) is 10.7. The Labute approximate surface area is 115 Å². The van der Waals surface area contributed by atoms with Crippen LogP contribution in [-0.4, -0.2) is 16.0 Å². The third-order valence-electron chi connectivity index (χ3n) is 2.54. The van der Waals surface area contributed by atoms with E-state index in [0.29, 0.717) is 22.6 Å². The second-order valence-electron chi connectivity index (χ2n) is 4.10. The fourth-order valence-corrected chi connectivity index (χ4v) is 1.51. The molecule has 2 heterocycles. The highest BCUT2D eigenvalue weighted by molar-refractivity contribution is 6.04. The molecule has 2 aromatic heterocycles. The fourth-order valence-electron chi connectivity index (χ4n) is 1.51. The maximum Gasteiger partial charge on any atom is 0.178 e. The maximum atomic E-state index is 11.6.